The quantitative estimate of drug-likeness (QED) is 0.167. The zero-order chi connectivity index (χ0) is 28.6. The Morgan fingerprint density at radius 2 is 1.90 bits per heavy atom. The number of aryl methyl sites for hydroxylation is 1. The largest absolute Gasteiger partial charge is 0.493 e. The summed E-state index contributed by atoms with van der Waals surface area (Å²) in [5.74, 6) is 2.65. The molecule has 214 valence electrons. The summed E-state index contributed by atoms with van der Waals surface area (Å²) < 4.78 is 13.6. The monoisotopic (exact) mass is 563 g/mol. The van der Waals surface area contributed by atoms with Gasteiger partial charge in [0.05, 0.1) is 19.3 Å². The Labute approximate surface area is 241 Å². The fraction of sp³-hybridized carbons (Fsp3) is 0.452. The molecule has 2 aromatic carbocycles. The van der Waals surface area contributed by atoms with E-state index in [2.05, 4.69) is 24.5 Å². The van der Waals surface area contributed by atoms with Crippen molar-refractivity contribution in [1.29, 1.82) is 0 Å². The van der Waals surface area contributed by atoms with E-state index in [1.54, 1.807) is 18.9 Å². The Balaban J connectivity index is 1.71. The first kappa shape index (κ1) is 29.5. The molecule has 0 fully saturated rings. The number of thioether (sulfide) groups is 1. The predicted molar refractivity (Wildman–Crippen MR) is 163 cm³/mol. The zero-order valence-electron chi connectivity index (χ0n) is 24.5. The van der Waals surface area contributed by atoms with Gasteiger partial charge in [0.2, 0.25) is 11.1 Å². The maximum Gasteiger partial charge on any atom is 0.255 e. The first-order valence-electron chi connectivity index (χ1n) is 14.1. The van der Waals surface area contributed by atoms with Crippen LogP contribution in [0.2, 0.25) is 0 Å². The van der Waals surface area contributed by atoms with Crippen LogP contribution in [0.5, 0.6) is 11.5 Å². The fourth-order valence-electron chi connectivity index (χ4n) is 4.75. The lowest BCUT2D eigenvalue weighted by Crippen LogP contribution is -2.31. The van der Waals surface area contributed by atoms with Gasteiger partial charge in [-0.25, -0.2) is 4.68 Å². The molecule has 0 radical (unpaired) electrons. The minimum atomic E-state index is -0.502. The molecule has 1 amide bonds. The maximum absolute atomic E-state index is 13.9. The normalized spacial score (nSPS) is 14.5. The van der Waals surface area contributed by atoms with Crippen LogP contribution in [-0.4, -0.2) is 40.1 Å². The van der Waals surface area contributed by atoms with E-state index in [-0.39, 0.29) is 5.91 Å². The minimum Gasteiger partial charge on any atom is -0.493 e. The number of hydrogen-bond donors (Lipinski definition) is 2. The highest BCUT2D eigenvalue weighted by Gasteiger charge is 2.35. The number of nitrogens with one attached hydrogen (secondary N) is 2. The van der Waals surface area contributed by atoms with Crippen molar-refractivity contribution in [3.63, 3.8) is 0 Å². The van der Waals surface area contributed by atoms with Crippen LogP contribution in [0.3, 0.4) is 0 Å². The third kappa shape index (κ3) is 6.63. The topological polar surface area (TPSA) is 90.3 Å². The highest BCUT2D eigenvalue weighted by molar-refractivity contribution is 7.99. The molecule has 4 rings (SSSR count). The second kappa shape index (κ2) is 13.7. The van der Waals surface area contributed by atoms with Crippen molar-refractivity contribution >= 4 is 29.3 Å². The predicted octanol–water partition coefficient (Wildman–Crippen LogP) is 7.29. The first-order valence-corrected chi connectivity index (χ1v) is 15.1. The van der Waals surface area contributed by atoms with E-state index in [4.69, 9.17) is 19.6 Å². The molecule has 0 spiro atoms. The molecular weight excluding hydrogens is 522 g/mol. The fourth-order valence-corrected chi connectivity index (χ4v) is 5.43. The number of nitrogens with zero attached hydrogens (tertiary/aromatic N) is 3. The van der Waals surface area contributed by atoms with Gasteiger partial charge in [-0.3, -0.25) is 4.79 Å². The molecule has 1 aromatic heterocycles. The average Bonchev–Trinajstić information content (AvgIpc) is 3.35. The van der Waals surface area contributed by atoms with Crippen molar-refractivity contribution in [2.24, 2.45) is 0 Å². The second-order valence-corrected chi connectivity index (χ2v) is 11.2. The molecule has 3 aromatic rings. The number of amides is 1. The molecule has 1 aliphatic heterocycles. The lowest BCUT2D eigenvalue weighted by molar-refractivity contribution is -0.113. The van der Waals surface area contributed by atoms with Crippen LogP contribution in [0.4, 0.5) is 11.6 Å². The van der Waals surface area contributed by atoms with Crippen LogP contribution in [0.15, 0.2) is 52.8 Å². The van der Waals surface area contributed by atoms with Crippen LogP contribution in [-0.2, 0) is 4.79 Å². The summed E-state index contributed by atoms with van der Waals surface area (Å²) in [4.78, 5) is 18.7. The van der Waals surface area contributed by atoms with Gasteiger partial charge in [-0.05, 0) is 68.5 Å². The number of allylic oxidation sites excluding steroid dienone is 1. The van der Waals surface area contributed by atoms with Crippen LogP contribution >= 0.6 is 11.8 Å². The second-order valence-electron chi connectivity index (χ2n) is 10.1. The number of fused-ring (bicyclic) bond motifs is 1. The number of unbranched alkanes of at least 4 members (excludes halogenated alkanes) is 3. The number of rotatable bonds is 13. The molecule has 1 aliphatic rings. The highest BCUT2D eigenvalue weighted by Crippen LogP contribution is 2.40. The summed E-state index contributed by atoms with van der Waals surface area (Å²) in [5.41, 5.74) is 5.11. The molecule has 8 nitrogen and oxygen atoms in total. The third-order valence-corrected chi connectivity index (χ3v) is 8.17. The number of hydrogen-bond acceptors (Lipinski definition) is 7. The number of carbonyl (C=O) groups is 1. The van der Waals surface area contributed by atoms with Crippen LogP contribution in [0.25, 0.3) is 0 Å². The van der Waals surface area contributed by atoms with Crippen molar-refractivity contribution in [2.45, 2.75) is 77.9 Å². The Hall–Kier alpha value is -3.46. The van der Waals surface area contributed by atoms with E-state index in [1.807, 2.05) is 61.9 Å². The van der Waals surface area contributed by atoms with E-state index in [1.165, 1.54) is 12.8 Å². The van der Waals surface area contributed by atoms with Gasteiger partial charge in [0.25, 0.3) is 5.91 Å². The summed E-state index contributed by atoms with van der Waals surface area (Å²) in [6, 6.07) is 11.3. The molecule has 9 heteroatoms. The molecule has 1 unspecified atom stereocenters. The Morgan fingerprint density at radius 1 is 1.07 bits per heavy atom. The van der Waals surface area contributed by atoms with E-state index in [9.17, 15) is 4.79 Å². The summed E-state index contributed by atoms with van der Waals surface area (Å²) in [7, 11) is 1.64. The van der Waals surface area contributed by atoms with E-state index in [0.29, 0.717) is 34.8 Å². The van der Waals surface area contributed by atoms with Gasteiger partial charge in [0, 0.05) is 17.1 Å². The Kier molecular flexibility index (Phi) is 10.1. The van der Waals surface area contributed by atoms with Crippen molar-refractivity contribution in [3.05, 3.63) is 64.4 Å². The smallest absolute Gasteiger partial charge is 0.255 e. The Morgan fingerprint density at radius 3 is 2.65 bits per heavy atom. The molecule has 0 aliphatic carbocycles. The van der Waals surface area contributed by atoms with Gasteiger partial charge in [-0.1, -0.05) is 63.1 Å². The van der Waals surface area contributed by atoms with Gasteiger partial charge >= 0.3 is 0 Å². The molecule has 2 N–H and O–H groups in total. The van der Waals surface area contributed by atoms with Crippen LogP contribution in [0, 0.1) is 13.8 Å². The molecule has 2 heterocycles. The van der Waals surface area contributed by atoms with Crippen molar-refractivity contribution in [2.75, 3.05) is 30.1 Å². The maximum atomic E-state index is 13.9. The Bertz CT molecular complexity index is 1370. The van der Waals surface area contributed by atoms with E-state index >= 15 is 0 Å². The van der Waals surface area contributed by atoms with Gasteiger partial charge in [0.1, 0.15) is 6.04 Å². The van der Waals surface area contributed by atoms with Crippen LogP contribution < -0.4 is 20.1 Å². The zero-order valence-corrected chi connectivity index (χ0v) is 25.3. The number of aromatic nitrogens is 3. The summed E-state index contributed by atoms with van der Waals surface area (Å²) in [6.07, 6.45) is 5.54. The number of benzene rings is 2. The van der Waals surface area contributed by atoms with Gasteiger partial charge in [0.15, 0.2) is 11.5 Å². The number of ether oxygens (including phenoxy) is 2. The van der Waals surface area contributed by atoms with Crippen molar-refractivity contribution in [3.8, 4) is 11.5 Å². The standard InChI is InChI=1S/C31H41N5O3S/c1-7-9-10-11-17-39-25-16-15-23(19-26(25)38-6)28-27(29(37)33-24-14-12-13-20(3)21(24)4)22(5)32-30-34-31(35-36(28)30)40-18-8-2/h12-16,19,28H,7-11,17-18H2,1-6H3,(H,33,37)(H,32,34,35). The van der Waals surface area contributed by atoms with E-state index in [0.717, 1.165) is 53.1 Å². The van der Waals surface area contributed by atoms with Crippen molar-refractivity contribution in [1.82, 2.24) is 14.8 Å². The minimum absolute atomic E-state index is 0.192. The summed E-state index contributed by atoms with van der Waals surface area (Å²) in [5, 5.41) is 12.0. The number of anilines is 2. The van der Waals surface area contributed by atoms with Gasteiger partial charge in [-0.2, -0.15) is 4.98 Å². The molecule has 40 heavy (non-hydrogen) atoms. The summed E-state index contributed by atoms with van der Waals surface area (Å²) in [6.45, 7) is 10.9. The number of methoxy groups -OCH3 is 1. The molecular formula is C31H41N5O3S. The van der Waals surface area contributed by atoms with Gasteiger partial charge in [-0.15, -0.1) is 5.10 Å². The molecule has 0 saturated heterocycles. The summed E-state index contributed by atoms with van der Waals surface area (Å²) >= 11 is 1.61. The van der Waals surface area contributed by atoms with Crippen LogP contribution in [0.1, 0.15) is 75.6 Å². The molecule has 0 bridgehead atoms. The lowest BCUT2D eigenvalue weighted by Gasteiger charge is -2.29. The SMILES string of the molecule is CCCCCCOc1ccc(C2C(C(=O)Nc3cccc(C)c3C)=C(C)Nc3nc(SCCC)nn32)cc1OC. The lowest BCUT2D eigenvalue weighted by atomic mass is 9.94. The van der Waals surface area contributed by atoms with Gasteiger partial charge < -0.3 is 20.1 Å². The van der Waals surface area contributed by atoms with Crippen molar-refractivity contribution < 1.29 is 14.3 Å². The average molecular weight is 564 g/mol. The van der Waals surface area contributed by atoms with E-state index < -0.39 is 6.04 Å². The highest BCUT2D eigenvalue weighted by atomic mass is 32.2. The first-order chi connectivity index (χ1) is 19.4. The number of carbonyl (C=O) groups excluding carboxylic acids is 1. The molecule has 1 atom stereocenters. The molecule has 0 saturated carbocycles. The third-order valence-electron chi connectivity index (χ3n) is 7.12.